The number of carboxylic acids is 1. The molecular formula is C19H15N3O3S. The summed E-state index contributed by atoms with van der Waals surface area (Å²) in [4.78, 5) is 23.2. The minimum absolute atomic E-state index is 0.00260. The van der Waals surface area contributed by atoms with Crippen molar-refractivity contribution in [3.8, 4) is 5.69 Å². The SMILES string of the molecule is O=C1CSC(c2ccccc2)c2cnn(-c3ccc(C(=O)O)cc3)c2N1. The van der Waals surface area contributed by atoms with Gasteiger partial charge in [-0.2, -0.15) is 5.10 Å². The molecule has 0 saturated carbocycles. The van der Waals surface area contributed by atoms with Gasteiger partial charge in [-0.3, -0.25) is 4.79 Å². The van der Waals surface area contributed by atoms with Crippen LogP contribution in [-0.4, -0.2) is 32.5 Å². The van der Waals surface area contributed by atoms with Gasteiger partial charge in [-0.25, -0.2) is 9.48 Å². The molecule has 26 heavy (non-hydrogen) atoms. The normalized spacial score (nSPS) is 16.5. The number of nitrogens with one attached hydrogen (secondary N) is 1. The summed E-state index contributed by atoms with van der Waals surface area (Å²) < 4.78 is 1.64. The number of anilines is 1. The highest BCUT2D eigenvalue weighted by molar-refractivity contribution is 8.00. The number of carbonyl (C=O) groups excluding carboxylic acids is 1. The van der Waals surface area contributed by atoms with Crippen molar-refractivity contribution in [1.29, 1.82) is 0 Å². The maximum absolute atomic E-state index is 12.2. The fourth-order valence-electron chi connectivity index (χ4n) is 2.94. The lowest BCUT2D eigenvalue weighted by Crippen LogP contribution is -2.15. The van der Waals surface area contributed by atoms with E-state index in [4.69, 9.17) is 5.11 Å². The molecule has 3 aromatic rings. The van der Waals surface area contributed by atoms with Crippen molar-refractivity contribution < 1.29 is 14.7 Å². The van der Waals surface area contributed by atoms with Crippen molar-refractivity contribution in [2.75, 3.05) is 11.1 Å². The Bertz CT molecular complexity index is 967. The van der Waals surface area contributed by atoms with E-state index in [0.717, 1.165) is 11.1 Å². The van der Waals surface area contributed by atoms with Gasteiger partial charge >= 0.3 is 5.97 Å². The Morgan fingerprint density at radius 3 is 2.58 bits per heavy atom. The molecule has 0 radical (unpaired) electrons. The van der Waals surface area contributed by atoms with E-state index in [1.165, 1.54) is 12.1 Å². The number of aromatic nitrogens is 2. The van der Waals surface area contributed by atoms with Crippen LogP contribution in [0.4, 0.5) is 5.82 Å². The van der Waals surface area contributed by atoms with Gasteiger partial charge in [0.1, 0.15) is 5.82 Å². The standard InChI is InChI=1S/C19H15N3O3S/c23-16-11-26-17(12-4-2-1-3-5-12)15-10-20-22(18(15)21-16)14-8-6-13(7-9-14)19(24)25/h1-10,17H,11H2,(H,21,23)(H,24,25). The van der Waals surface area contributed by atoms with Crippen molar-refractivity contribution in [3.05, 3.63) is 77.5 Å². The van der Waals surface area contributed by atoms with Gasteiger partial charge in [0.15, 0.2) is 0 Å². The van der Waals surface area contributed by atoms with Crippen molar-refractivity contribution in [1.82, 2.24) is 9.78 Å². The summed E-state index contributed by atoms with van der Waals surface area (Å²) in [5.74, 6) is -0.0909. The average molecular weight is 365 g/mol. The molecule has 1 aliphatic heterocycles. The van der Waals surface area contributed by atoms with Crippen LogP contribution in [0.5, 0.6) is 0 Å². The van der Waals surface area contributed by atoms with E-state index in [0.29, 0.717) is 17.3 Å². The molecule has 1 aromatic heterocycles. The summed E-state index contributed by atoms with van der Waals surface area (Å²) in [6.07, 6.45) is 1.76. The summed E-state index contributed by atoms with van der Waals surface area (Å²) in [6, 6.07) is 16.4. The van der Waals surface area contributed by atoms with E-state index < -0.39 is 5.97 Å². The van der Waals surface area contributed by atoms with E-state index in [1.807, 2.05) is 30.3 Å². The Kier molecular flexibility index (Phi) is 4.22. The number of benzene rings is 2. The number of hydrogen-bond donors (Lipinski definition) is 2. The van der Waals surface area contributed by atoms with Crippen LogP contribution < -0.4 is 5.32 Å². The molecule has 130 valence electrons. The third kappa shape index (κ3) is 2.97. The summed E-state index contributed by atoms with van der Waals surface area (Å²) in [5, 5.41) is 16.4. The van der Waals surface area contributed by atoms with Crippen LogP contribution in [0.15, 0.2) is 60.8 Å². The smallest absolute Gasteiger partial charge is 0.335 e. The number of carboxylic acid groups (broad SMARTS) is 1. The monoisotopic (exact) mass is 365 g/mol. The molecule has 6 nitrogen and oxygen atoms in total. The molecule has 1 unspecified atom stereocenters. The Labute approximate surface area is 153 Å². The van der Waals surface area contributed by atoms with Crippen molar-refractivity contribution >= 4 is 29.5 Å². The van der Waals surface area contributed by atoms with Crippen LogP contribution >= 0.6 is 11.8 Å². The van der Waals surface area contributed by atoms with Crippen LogP contribution in [0.3, 0.4) is 0 Å². The molecule has 2 aromatic carbocycles. The first-order chi connectivity index (χ1) is 12.6. The largest absolute Gasteiger partial charge is 0.478 e. The van der Waals surface area contributed by atoms with Crippen LogP contribution in [0.1, 0.15) is 26.7 Å². The number of rotatable bonds is 3. The zero-order valence-electron chi connectivity index (χ0n) is 13.6. The van der Waals surface area contributed by atoms with Crippen LogP contribution in [-0.2, 0) is 4.79 Å². The van der Waals surface area contributed by atoms with Gasteiger partial charge in [-0.1, -0.05) is 30.3 Å². The summed E-state index contributed by atoms with van der Waals surface area (Å²) in [6.45, 7) is 0. The lowest BCUT2D eigenvalue weighted by atomic mass is 10.1. The summed E-state index contributed by atoms with van der Waals surface area (Å²) in [7, 11) is 0. The molecule has 0 saturated heterocycles. The van der Waals surface area contributed by atoms with Gasteiger partial charge in [-0.15, -0.1) is 11.8 Å². The average Bonchev–Trinajstić information content (AvgIpc) is 2.98. The molecule has 0 fully saturated rings. The minimum Gasteiger partial charge on any atom is -0.478 e. The molecule has 0 aliphatic carbocycles. The first kappa shape index (κ1) is 16.4. The Morgan fingerprint density at radius 1 is 1.15 bits per heavy atom. The lowest BCUT2D eigenvalue weighted by Gasteiger charge is -2.14. The van der Waals surface area contributed by atoms with Gasteiger partial charge in [0.05, 0.1) is 28.5 Å². The zero-order chi connectivity index (χ0) is 18.1. The molecule has 4 rings (SSSR count). The van der Waals surface area contributed by atoms with E-state index in [9.17, 15) is 9.59 Å². The van der Waals surface area contributed by atoms with Crippen molar-refractivity contribution in [2.24, 2.45) is 0 Å². The molecule has 2 heterocycles. The second-order valence-corrected chi connectivity index (χ2v) is 6.96. The number of hydrogen-bond acceptors (Lipinski definition) is 4. The van der Waals surface area contributed by atoms with Gasteiger partial charge in [0.2, 0.25) is 5.91 Å². The van der Waals surface area contributed by atoms with Crippen LogP contribution in [0.25, 0.3) is 5.69 Å². The fourth-order valence-corrected chi connectivity index (χ4v) is 4.03. The van der Waals surface area contributed by atoms with Crippen molar-refractivity contribution in [2.45, 2.75) is 5.25 Å². The van der Waals surface area contributed by atoms with E-state index >= 15 is 0 Å². The van der Waals surface area contributed by atoms with Crippen molar-refractivity contribution in [3.63, 3.8) is 0 Å². The molecule has 0 bridgehead atoms. The number of amides is 1. The quantitative estimate of drug-likeness (QED) is 0.744. The highest BCUT2D eigenvalue weighted by Gasteiger charge is 2.28. The molecule has 1 amide bonds. The lowest BCUT2D eigenvalue weighted by molar-refractivity contribution is -0.113. The van der Waals surface area contributed by atoms with Gasteiger partial charge in [0.25, 0.3) is 0 Å². The number of carbonyl (C=O) groups is 2. The van der Waals surface area contributed by atoms with Gasteiger partial charge in [-0.05, 0) is 29.8 Å². The highest BCUT2D eigenvalue weighted by atomic mass is 32.2. The highest BCUT2D eigenvalue weighted by Crippen LogP contribution is 2.41. The number of nitrogens with zero attached hydrogens (tertiary/aromatic N) is 2. The second-order valence-electron chi connectivity index (χ2n) is 5.86. The molecule has 1 aliphatic rings. The minimum atomic E-state index is -0.982. The van der Waals surface area contributed by atoms with E-state index in [1.54, 1.807) is 34.8 Å². The van der Waals surface area contributed by atoms with E-state index in [2.05, 4.69) is 10.4 Å². The fraction of sp³-hybridized carbons (Fsp3) is 0.105. The number of thioether (sulfide) groups is 1. The second kappa shape index (κ2) is 6.68. The topological polar surface area (TPSA) is 84.2 Å². The molecular weight excluding hydrogens is 350 g/mol. The van der Waals surface area contributed by atoms with Crippen LogP contribution in [0, 0.1) is 0 Å². The Balaban J connectivity index is 1.79. The maximum atomic E-state index is 12.2. The third-order valence-electron chi connectivity index (χ3n) is 4.18. The van der Waals surface area contributed by atoms with Crippen LogP contribution in [0.2, 0.25) is 0 Å². The summed E-state index contributed by atoms with van der Waals surface area (Å²) >= 11 is 1.56. The van der Waals surface area contributed by atoms with Gasteiger partial charge < -0.3 is 10.4 Å². The molecule has 1 atom stereocenters. The molecule has 7 heteroatoms. The molecule has 2 N–H and O–H groups in total. The van der Waals surface area contributed by atoms with Gasteiger partial charge in [0, 0.05) is 5.56 Å². The molecule has 0 spiro atoms. The predicted octanol–water partition coefficient (Wildman–Crippen LogP) is 3.35. The van der Waals surface area contributed by atoms with E-state index in [-0.39, 0.29) is 16.7 Å². The number of fused-ring (bicyclic) bond motifs is 1. The maximum Gasteiger partial charge on any atom is 0.335 e. The third-order valence-corrected chi connectivity index (χ3v) is 5.47. The Morgan fingerprint density at radius 2 is 1.88 bits per heavy atom. The number of aromatic carboxylic acids is 1. The Hall–Kier alpha value is -3.06. The predicted molar refractivity (Wildman–Crippen MR) is 99.9 cm³/mol. The first-order valence-corrected chi connectivity index (χ1v) is 9.06. The summed E-state index contributed by atoms with van der Waals surface area (Å²) in [5.41, 5.74) is 2.93. The zero-order valence-corrected chi connectivity index (χ0v) is 14.4. The first-order valence-electron chi connectivity index (χ1n) is 8.01.